The highest BCUT2D eigenvalue weighted by atomic mass is 35.5. The third-order valence-corrected chi connectivity index (χ3v) is 4.10. The number of hydrogen-bond donors (Lipinski definition) is 2. The summed E-state index contributed by atoms with van der Waals surface area (Å²) < 4.78 is 0. The Labute approximate surface area is 114 Å². The lowest BCUT2D eigenvalue weighted by Gasteiger charge is -2.24. The fourth-order valence-electron chi connectivity index (χ4n) is 2.87. The largest absolute Gasteiger partial charge is 0.396 e. The number of nitrogens with one attached hydrogen (secondary N) is 1. The average molecular weight is 268 g/mol. The van der Waals surface area contributed by atoms with E-state index < -0.39 is 0 Å². The van der Waals surface area contributed by atoms with E-state index >= 15 is 0 Å². The molecular formula is C15H22ClNO. The molecule has 0 spiro atoms. The summed E-state index contributed by atoms with van der Waals surface area (Å²) in [4.78, 5) is 0. The standard InChI is InChI=1S/C15H22ClNO/c1-11(9-12-5-7-14(16)8-6-12)17-15-4-2-3-13(15)10-18/h5-8,11,13,15,17-18H,2-4,9-10H2,1H3. The number of benzene rings is 1. The van der Waals surface area contributed by atoms with Crippen molar-refractivity contribution >= 4 is 11.6 Å². The van der Waals surface area contributed by atoms with E-state index in [4.69, 9.17) is 11.6 Å². The lowest BCUT2D eigenvalue weighted by Crippen LogP contribution is -2.40. The van der Waals surface area contributed by atoms with Crippen LogP contribution in [0.25, 0.3) is 0 Å². The van der Waals surface area contributed by atoms with E-state index in [0.717, 1.165) is 17.9 Å². The zero-order chi connectivity index (χ0) is 13.0. The Balaban J connectivity index is 1.84. The summed E-state index contributed by atoms with van der Waals surface area (Å²) in [5.74, 6) is 0.442. The van der Waals surface area contributed by atoms with Crippen molar-refractivity contribution in [3.8, 4) is 0 Å². The normalized spacial score (nSPS) is 25.3. The maximum absolute atomic E-state index is 9.31. The van der Waals surface area contributed by atoms with Crippen molar-refractivity contribution in [1.29, 1.82) is 0 Å². The van der Waals surface area contributed by atoms with Gasteiger partial charge in [0.25, 0.3) is 0 Å². The lowest BCUT2D eigenvalue weighted by molar-refractivity contribution is 0.200. The van der Waals surface area contributed by atoms with Crippen LogP contribution in [0.4, 0.5) is 0 Å². The first kappa shape index (κ1) is 13.9. The Kier molecular flexibility index (Phi) is 5.04. The third kappa shape index (κ3) is 3.71. The molecule has 2 nitrogen and oxygen atoms in total. The summed E-state index contributed by atoms with van der Waals surface area (Å²) in [7, 11) is 0. The van der Waals surface area contributed by atoms with Crippen molar-refractivity contribution < 1.29 is 5.11 Å². The molecule has 1 saturated carbocycles. The van der Waals surface area contributed by atoms with Crippen molar-refractivity contribution in [3.63, 3.8) is 0 Å². The van der Waals surface area contributed by atoms with Gasteiger partial charge in [0.15, 0.2) is 0 Å². The molecule has 1 aliphatic rings. The second-order valence-corrected chi connectivity index (χ2v) is 5.81. The van der Waals surface area contributed by atoms with Gasteiger partial charge in [-0.15, -0.1) is 0 Å². The molecule has 100 valence electrons. The SMILES string of the molecule is CC(Cc1ccc(Cl)cc1)NC1CCCC1CO. The van der Waals surface area contributed by atoms with Gasteiger partial charge in [-0.05, 0) is 49.8 Å². The smallest absolute Gasteiger partial charge is 0.0474 e. The first-order valence-corrected chi connectivity index (χ1v) is 7.18. The minimum Gasteiger partial charge on any atom is -0.396 e. The summed E-state index contributed by atoms with van der Waals surface area (Å²) in [5.41, 5.74) is 1.30. The minimum absolute atomic E-state index is 0.311. The van der Waals surface area contributed by atoms with Gasteiger partial charge in [-0.1, -0.05) is 30.2 Å². The molecule has 3 atom stereocenters. The lowest BCUT2D eigenvalue weighted by atomic mass is 10.0. The van der Waals surface area contributed by atoms with Crippen molar-refractivity contribution in [3.05, 3.63) is 34.9 Å². The summed E-state index contributed by atoms with van der Waals surface area (Å²) in [6, 6.07) is 8.96. The number of halogens is 1. The molecule has 0 aliphatic heterocycles. The zero-order valence-electron chi connectivity index (χ0n) is 10.9. The fraction of sp³-hybridized carbons (Fsp3) is 0.600. The molecule has 0 heterocycles. The molecule has 1 aromatic rings. The molecule has 1 aromatic carbocycles. The highest BCUT2D eigenvalue weighted by Gasteiger charge is 2.27. The molecule has 3 heteroatoms. The van der Waals surface area contributed by atoms with Crippen LogP contribution in [0, 0.1) is 5.92 Å². The maximum Gasteiger partial charge on any atom is 0.0474 e. The molecule has 18 heavy (non-hydrogen) atoms. The topological polar surface area (TPSA) is 32.3 Å². The number of hydrogen-bond acceptors (Lipinski definition) is 2. The van der Waals surface area contributed by atoms with E-state index in [1.165, 1.54) is 18.4 Å². The predicted octanol–water partition coefficient (Wildman–Crippen LogP) is 3.02. The van der Waals surface area contributed by atoms with E-state index in [9.17, 15) is 5.11 Å². The van der Waals surface area contributed by atoms with E-state index in [-0.39, 0.29) is 0 Å². The van der Waals surface area contributed by atoms with E-state index in [1.54, 1.807) is 0 Å². The summed E-state index contributed by atoms with van der Waals surface area (Å²) >= 11 is 5.88. The van der Waals surface area contributed by atoms with Crippen LogP contribution in [0.2, 0.25) is 5.02 Å². The zero-order valence-corrected chi connectivity index (χ0v) is 11.7. The Morgan fingerprint density at radius 1 is 1.33 bits per heavy atom. The number of aliphatic hydroxyl groups is 1. The van der Waals surface area contributed by atoms with Gasteiger partial charge < -0.3 is 10.4 Å². The summed E-state index contributed by atoms with van der Waals surface area (Å²) in [6.45, 7) is 2.52. The van der Waals surface area contributed by atoms with Crippen LogP contribution in [0.15, 0.2) is 24.3 Å². The van der Waals surface area contributed by atoms with Gasteiger partial charge in [0.05, 0.1) is 0 Å². The quantitative estimate of drug-likeness (QED) is 0.860. The molecule has 2 N–H and O–H groups in total. The van der Waals surface area contributed by atoms with Crippen molar-refractivity contribution in [1.82, 2.24) is 5.32 Å². The third-order valence-electron chi connectivity index (χ3n) is 3.85. The first-order chi connectivity index (χ1) is 8.69. The van der Waals surface area contributed by atoms with Crippen molar-refractivity contribution in [2.75, 3.05) is 6.61 Å². The van der Waals surface area contributed by atoms with Gasteiger partial charge in [-0.3, -0.25) is 0 Å². The van der Waals surface area contributed by atoms with Crippen LogP contribution in [-0.2, 0) is 6.42 Å². The molecule has 0 saturated heterocycles. The molecule has 1 fully saturated rings. The Morgan fingerprint density at radius 2 is 2.06 bits per heavy atom. The van der Waals surface area contributed by atoms with Crippen LogP contribution < -0.4 is 5.32 Å². The highest BCUT2D eigenvalue weighted by Crippen LogP contribution is 2.25. The molecule has 0 aromatic heterocycles. The predicted molar refractivity (Wildman–Crippen MR) is 76.0 cm³/mol. The van der Waals surface area contributed by atoms with Gasteiger partial charge in [0.1, 0.15) is 0 Å². The fourth-order valence-corrected chi connectivity index (χ4v) is 3.00. The van der Waals surface area contributed by atoms with Crippen LogP contribution in [0.3, 0.4) is 0 Å². The van der Waals surface area contributed by atoms with Gasteiger partial charge in [-0.25, -0.2) is 0 Å². The summed E-state index contributed by atoms with van der Waals surface area (Å²) in [5, 5.41) is 13.8. The van der Waals surface area contributed by atoms with Crippen LogP contribution >= 0.6 is 11.6 Å². The Morgan fingerprint density at radius 3 is 2.72 bits per heavy atom. The van der Waals surface area contributed by atoms with Gasteiger partial charge in [0.2, 0.25) is 0 Å². The first-order valence-electron chi connectivity index (χ1n) is 6.80. The van der Waals surface area contributed by atoms with Crippen LogP contribution in [0.5, 0.6) is 0 Å². The maximum atomic E-state index is 9.31. The molecule has 1 aliphatic carbocycles. The van der Waals surface area contributed by atoms with Gasteiger partial charge in [-0.2, -0.15) is 0 Å². The highest BCUT2D eigenvalue weighted by molar-refractivity contribution is 6.30. The number of rotatable bonds is 5. The monoisotopic (exact) mass is 267 g/mol. The molecule has 2 rings (SSSR count). The van der Waals surface area contributed by atoms with Crippen LogP contribution in [-0.4, -0.2) is 23.8 Å². The molecule has 3 unspecified atom stereocenters. The molecule has 0 bridgehead atoms. The number of aliphatic hydroxyl groups excluding tert-OH is 1. The van der Waals surface area contributed by atoms with E-state index in [0.29, 0.717) is 24.6 Å². The molecule has 0 radical (unpaired) electrons. The second-order valence-electron chi connectivity index (χ2n) is 5.38. The summed E-state index contributed by atoms with van der Waals surface area (Å²) in [6.07, 6.45) is 4.58. The van der Waals surface area contributed by atoms with Crippen LogP contribution in [0.1, 0.15) is 31.7 Å². The van der Waals surface area contributed by atoms with Gasteiger partial charge >= 0.3 is 0 Å². The Hall–Kier alpha value is -0.570. The van der Waals surface area contributed by atoms with Gasteiger partial charge in [0, 0.05) is 23.7 Å². The molecular weight excluding hydrogens is 246 g/mol. The Bertz CT molecular complexity index is 365. The van der Waals surface area contributed by atoms with E-state index in [1.807, 2.05) is 12.1 Å². The molecule has 0 amide bonds. The minimum atomic E-state index is 0.311. The van der Waals surface area contributed by atoms with E-state index in [2.05, 4.69) is 24.4 Å². The average Bonchev–Trinajstić information content (AvgIpc) is 2.79. The van der Waals surface area contributed by atoms with Crippen molar-refractivity contribution in [2.45, 2.75) is 44.7 Å². The second kappa shape index (κ2) is 6.55. The van der Waals surface area contributed by atoms with Crippen molar-refractivity contribution in [2.24, 2.45) is 5.92 Å².